The molecule has 0 radical (unpaired) electrons. The zero-order valence-electron chi connectivity index (χ0n) is 13.2. The third kappa shape index (κ3) is 3.27. The number of ketones is 1. The molecular formula is C19H18O3S. The summed E-state index contributed by atoms with van der Waals surface area (Å²) >= 11 is 1.51. The highest BCUT2D eigenvalue weighted by atomic mass is 32.2. The molecule has 0 amide bonds. The number of thioether (sulfide) groups is 1. The molecule has 0 saturated carbocycles. The predicted molar refractivity (Wildman–Crippen MR) is 93.4 cm³/mol. The first-order valence-electron chi connectivity index (χ1n) is 7.57. The molecule has 2 aromatic carbocycles. The molecule has 0 bridgehead atoms. The van der Waals surface area contributed by atoms with Crippen molar-refractivity contribution >= 4 is 23.6 Å². The van der Waals surface area contributed by atoms with Gasteiger partial charge in [0.2, 0.25) is 5.78 Å². The van der Waals surface area contributed by atoms with Gasteiger partial charge in [0.25, 0.3) is 0 Å². The number of methoxy groups -OCH3 is 1. The summed E-state index contributed by atoms with van der Waals surface area (Å²) in [4.78, 5) is 14.2. The van der Waals surface area contributed by atoms with E-state index in [0.29, 0.717) is 12.4 Å². The van der Waals surface area contributed by atoms with Gasteiger partial charge in [-0.1, -0.05) is 36.9 Å². The minimum atomic E-state index is 0.0795. The van der Waals surface area contributed by atoms with Crippen LogP contribution in [0.25, 0.3) is 6.08 Å². The maximum Gasteiger partial charge on any atom is 0.200 e. The fourth-order valence-corrected chi connectivity index (χ4v) is 3.44. The molecule has 1 aliphatic heterocycles. The SMILES string of the molecule is CCCOc1ccc(/C=C2/Sc3ccccc3C2=O)cc1OC. The number of hydrogen-bond donors (Lipinski definition) is 0. The lowest BCUT2D eigenvalue weighted by Crippen LogP contribution is -1.98. The number of fused-ring (bicyclic) bond motifs is 1. The van der Waals surface area contributed by atoms with Crippen LogP contribution in [-0.2, 0) is 0 Å². The average Bonchev–Trinajstić information content (AvgIpc) is 2.90. The van der Waals surface area contributed by atoms with Gasteiger partial charge in [-0.3, -0.25) is 4.79 Å². The van der Waals surface area contributed by atoms with E-state index in [2.05, 4.69) is 6.92 Å². The maximum absolute atomic E-state index is 12.4. The molecule has 1 heterocycles. The Bertz CT molecular complexity index is 765. The third-order valence-corrected chi connectivity index (χ3v) is 4.62. The first-order chi connectivity index (χ1) is 11.2. The van der Waals surface area contributed by atoms with Crippen molar-refractivity contribution < 1.29 is 14.3 Å². The molecule has 118 valence electrons. The van der Waals surface area contributed by atoms with Crippen molar-refractivity contribution in [3.05, 3.63) is 58.5 Å². The minimum Gasteiger partial charge on any atom is -0.493 e. The van der Waals surface area contributed by atoms with Gasteiger partial charge < -0.3 is 9.47 Å². The number of allylic oxidation sites excluding steroid dienone is 1. The zero-order chi connectivity index (χ0) is 16.2. The maximum atomic E-state index is 12.4. The summed E-state index contributed by atoms with van der Waals surface area (Å²) in [5.41, 5.74) is 1.70. The average molecular weight is 326 g/mol. The van der Waals surface area contributed by atoms with Crippen molar-refractivity contribution in [2.75, 3.05) is 13.7 Å². The highest BCUT2D eigenvalue weighted by molar-refractivity contribution is 8.04. The molecule has 23 heavy (non-hydrogen) atoms. The second-order valence-electron chi connectivity index (χ2n) is 5.19. The first-order valence-corrected chi connectivity index (χ1v) is 8.38. The van der Waals surface area contributed by atoms with Gasteiger partial charge in [0.15, 0.2) is 11.5 Å². The third-order valence-electron chi connectivity index (χ3n) is 3.52. The molecule has 0 unspecified atom stereocenters. The van der Waals surface area contributed by atoms with E-state index in [1.807, 2.05) is 48.5 Å². The number of carbonyl (C=O) groups is 1. The van der Waals surface area contributed by atoms with Crippen molar-refractivity contribution in [3.8, 4) is 11.5 Å². The molecule has 1 aliphatic rings. The molecule has 0 N–H and O–H groups in total. The van der Waals surface area contributed by atoms with Crippen molar-refractivity contribution in [2.24, 2.45) is 0 Å². The number of rotatable bonds is 5. The van der Waals surface area contributed by atoms with Crippen molar-refractivity contribution in [1.29, 1.82) is 0 Å². The van der Waals surface area contributed by atoms with E-state index < -0.39 is 0 Å². The fraction of sp³-hybridized carbons (Fsp3) is 0.211. The van der Waals surface area contributed by atoms with Crippen LogP contribution < -0.4 is 9.47 Å². The van der Waals surface area contributed by atoms with Gasteiger partial charge >= 0.3 is 0 Å². The van der Waals surface area contributed by atoms with Gasteiger partial charge in [-0.05, 0) is 42.3 Å². The van der Waals surface area contributed by atoms with Crippen molar-refractivity contribution in [2.45, 2.75) is 18.2 Å². The molecule has 0 spiro atoms. The van der Waals surface area contributed by atoms with Gasteiger partial charge in [-0.15, -0.1) is 0 Å². The zero-order valence-corrected chi connectivity index (χ0v) is 14.0. The lowest BCUT2D eigenvalue weighted by Gasteiger charge is -2.10. The molecule has 0 aliphatic carbocycles. The normalized spacial score (nSPS) is 14.9. The molecule has 3 rings (SSSR count). The smallest absolute Gasteiger partial charge is 0.200 e. The van der Waals surface area contributed by atoms with Crippen molar-refractivity contribution in [3.63, 3.8) is 0 Å². The Morgan fingerprint density at radius 2 is 1.96 bits per heavy atom. The molecule has 3 nitrogen and oxygen atoms in total. The van der Waals surface area contributed by atoms with Crippen LogP contribution in [0.3, 0.4) is 0 Å². The summed E-state index contributed by atoms with van der Waals surface area (Å²) in [7, 11) is 1.62. The Hall–Kier alpha value is -2.20. The Morgan fingerprint density at radius 1 is 1.13 bits per heavy atom. The van der Waals surface area contributed by atoms with Crippen LogP contribution in [-0.4, -0.2) is 19.5 Å². The summed E-state index contributed by atoms with van der Waals surface area (Å²) in [6.07, 6.45) is 2.84. The van der Waals surface area contributed by atoms with Crippen LogP contribution in [0.1, 0.15) is 29.3 Å². The second kappa shape index (κ2) is 6.92. The molecule has 0 aromatic heterocycles. The van der Waals surface area contributed by atoms with Gasteiger partial charge in [-0.2, -0.15) is 0 Å². The van der Waals surface area contributed by atoms with Crippen LogP contribution in [0.4, 0.5) is 0 Å². The number of benzene rings is 2. The Labute approximate surface area is 140 Å². The van der Waals surface area contributed by atoms with Crippen molar-refractivity contribution in [1.82, 2.24) is 0 Å². The highest BCUT2D eigenvalue weighted by Crippen LogP contribution is 2.41. The number of Topliss-reactive ketones (excluding diaryl/α,β-unsaturated/α-hetero) is 1. The first kappa shape index (κ1) is 15.7. The van der Waals surface area contributed by atoms with Gasteiger partial charge in [0.1, 0.15) is 0 Å². The molecular weight excluding hydrogens is 308 g/mol. The summed E-state index contributed by atoms with van der Waals surface area (Å²) in [5, 5.41) is 0. The molecule has 4 heteroatoms. The van der Waals surface area contributed by atoms with E-state index >= 15 is 0 Å². The highest BCUT2D eigenvalue weighted by Gasteiger charge is 2.25. The van der Waals surface area contributed by atoms with Gasteiger partial charge in [-0.25, -0.2) is 0 Å². The minimum absolute atomic E-state index is 0.0795. The number of hydrogen-bond acceptors (Lipinski definition) is 4. The Kier molecular flexibility index (Phi) is 4.72. The topological polar surface area (TPSA) is 35.5 Å². The Morgan fingerprint density at radius 3 is 2.70 bits per heavy atom. The molecule has 0 fully saturated rings. The number of ether oxygens (including phenoxy) is 2. The fourth-order valence-electron chi connectivity index (χ4n) is 2.39. The summed E-state index contributed by atoms with van der Waals surface area (Å²) in [5.74, 6) is 1.49. The van der Waals surface area contributed by atoms with E-state index in [1.165, 1.54) is 11.8 Å². The summed E-state index contributed by atoms with van der Waals surface area (Å²) < 4.78 is 11.0. The van der Waals surface area contributed by atoms with Gasteiger partial charge in [0.05, 0.1) is 18.6 Å². The number of carbonyl (C=O) groups excluding carboxylic acids is 1. The largest absolute Gasteiger partial charge is 0.493 e. The second-order valence-corrected chi connectivity index (χ2v) is 6.28. The molecule has 2 aromatic rings. The van der Waals surface area contributed by atoms with Gasteiger partial charge in [0, 0.05) is 10.5 Å². The Balaban J connectivity index is 1.87. The van der Waals surface area contributed by atoms with E-state index in [4.69, 9.17) is 9.47 Å². The lowest BCUT2D eigenvalue weighted by atomic mass is 10.1. The van der Waals surface area contributed by atoms with E-state index in [0.717, 1.165) is 33.1 Å². The van der Waals surface area contributed by atoms with E-state index in [-0.39, 0.29) is 5.78 Å². The monoisotopic (exact) mass is 326 g/mol. The molecule has 0 atom stereocenters. The van der Waals surface area contributed by atoms with Crippen LogP contribution in [0, 0.1) is 0 Å². The van der Waals surface area contributed by atoms with Crippen LogP contribution >= 0.6 is 11.8 Å². The lowest BCUT2D eigenvalue weighted by molar-refractivity contribution is 0.104. The predicted octanol–water partition coefficient (Wildman–Crippen LogP) is 4.81. The van der Waals surface area contributed by atoms with E-state index in [9.17, 15) is 4.79 Å². The van der Waals surface area contributed by atoms with Crippen LogP contribution in [0.5, 0.6) is 11.5 Å². The standard InChI is InChI=1S/C19H18O3S/c1-3-10-22-15-9-8-13(11-16(15)21-2)12-18-19(20)14-6-4-5-7-17(14)23-18/h4-9,11-12H,3,10H2,1-2H3/b18-12+. The summed E-state index contributed by atoms with van der Waals surface area (Å²) in [6.45, 7) is 2.71. The molecule has 0 saturated heterocycles. The van der Waals surface area contributed by atoms with E-state index in [1.54, 1.807) is 7.11 Å². The summed E-state index contributed by atoms with van der Waals surface area (Å²) in [6, 6.07) is 13.4. The van der Waals surface area contributed by atoms with Crippen LogP contribution in [0.2, 0.25) is 0 Å². The van der Waals surface area contributed by atoms with Crippen LogP contribution in [0.15, 0.2) is 52.3 Å². The quantitative estimate of drug-likeness (QED) is 0.738.